The van der Waals surface area contributed by atoms with Crippen LogP contribution in [0, 0.1) is 17.2 Å². The summed E-state index contributed by atoms with van der Waals surface area (Å²) < 4.78 is 5.23. The molecular weight excluding hydrogens is 168 g/mol. The highest BCUT2D eigenvalue weighted by atomic mass is 16.5. The van der Waals surface area contributed by atoms with Gasteiger partial charge >= 0.3 is 0 Å². The van der Waals surface area contributed by atoms with Crippen molar-refractivity contribution in [3.63, 3.8) is 0 Å². The molecule has 0 bridgehead atoms. The first-order valence-corrected chi connectivity index (χ1v) is 4.38. The molecule has 0 aromatic heterocycles. The number of hydrogen-bond acceptors (Lipinski definition) is 5. The molecule has 2 N–H and O–H groups in total. The molecule has 2 aliphatic heterocycles. The molecule has 0 spiro atoms. The fraction of sp³-hybridized carbons (Fsp3) is 0.750. The molecule has 5 heteroatoms. The summed E-state index contributed by atoms with van der Waals surface area (Å²) in [6, 6.07) is 2.36. The molecule has 3 unspecified atom stereocenters. The minimum Gasteiger partial charge on any atom is -0.379 e. The fourth-order valence-corrected chi connectivity index (χ4v) is 1.66. The topological polar surface area (TPSA) is 74.6 Å². The van der Waals surface area contributed by atoms with Gasteiger partial charge < -0.3 is 10.5 Å². The van der Waals surface area contributed by atoms with E-state index in [2.05, 4.69) is 11.2 Å². The van der Waals surface area contributed by atoms with Gasteiger partial charge in [0.1, 0.15) is 12.1 Å². The van der Waals surface area contributed by atoms with Gasteiger partial charge in [0, 0.05) is 12.8 Å². The van der Waals surface area contributed by atoms with Crippen molar-refractivity contribution in [1.29, 1.82) is 5.26 Å². The average molecular weight is 180 g/mol. The molecule has 0 aliphatic carbocycles. The first-order valence-electron chi connectivity index (χ1n) is 4.38. The second kappa shape index (κ2) is 3.32. The van der Waals surface area contributed by atoms with E-state index in [9.17, 15) is 0 Å². The molecule has 0 aromatic rings. The van der Waals surface area contributed by atoms with E-state index >= 15 is 0 Å². The van der Waals surface area contributed by atoms with Crippen molar-refractivity contribution in [3.05, 3.63) is 0 Å². The van der Waals surface area contributed by atoms with Gasteiger partial charge in [0.05, 0.1) is 18.7 Å². The van der Waals surface area contributed by atoms with Crippen molar-refractivity contribution in [3.8, 4) is 6.07 Å². The van der Waals surface area contributed by atoms with Gasteiger partial charge in [0.25, 0.3) is 0 Å². The molecule has 3 atom stereocenters. The monoisotopic (exact) mass is 180 g/mol. The highest BCUT2D eigenvalue weighted by Gasteiger charge is 2.34. The van der Waals surface area contributed by atoms with Crippen molar-refractivity contribution >= 4 is 6.21 Å². The van der Waals surface area contributed by atoms with Gasteiger partial charge in [-0.05, 0) is 6.42 Å². The molecule has 5 nitrogen and oxygen atoms in total. The van der Waals surface area contributed by atoms with Crippen LogP contribution in [0.25, 0.3) is 0 Å². The van der Waals surface area contributed by atoms with Crippen LogP contribution in [0.5, 0.6) is 0 Å². The molecule has 0 amide bonds. The molecule has 0 radical (unpaired) electrons. The second-order valence-corrected chi connectivity index (χ2v) is 3.31. The van der Waals surface area contributed by atoms with Gasteiger partial charge in [-0.1, -0.05) is 0 Å². The lowest BCUT2D eigenvalue weighted by Gasteiger charge is -2.26. The first-order chi connectivity index (χ1) is 6.33. The van der Waals surface area contributed by atoms with E-state index in [1.54, 1.807) is 11.2 Å². The molecule has 2 rings (SSSR count). The zero-order chi connectivity index (χ0) is 9.26. The first kappa shape index (κ1) is 8.48. The molecule has 2 aliphatic rings. The molecule has 1 fully saturated rings. The Bertz CT molecular complexity index is 253. The predicted octanol–water partition coefficient (Wildman–Crippen LogP) is -0.499. The van der Waals surface area contributed by atoms with Crippen LogP contribution >= 0.6 is 0 Å². The van der Waals surface area contributed by atoms with Crippen molar-refractivity contribution in [2.24, 2.45) is 16.8 Å². The van der Waals surface area contributed by atoms with Crippen molar-refractivity contribution in [1.82, 2.24) is 5.01 Å². The third-order valence-electron chi connectivity index (χ3n) is 2.46. The van der Waals surface area contributed by atoms with E-state index in [1.165, 1.54) is 0 Å². The van der Waals surface area contributed by atoms with Gasteiger partial charge in [0.15, 0.2) is 0 Å². The molecular formula is C8H12N4O. The third-order valence-corrected chi connectivity index (χ3v) is 2.46. The lowest BCUT2D eigenvalue weighted by Crippen LogP contribution is -2.45. The maximum absolute atomic E-state index is 8.72. The number of hydrazone groups is 1. The Morgan fingerprint density at radius 3 is 3.08 bits per heavy atom. The lowest BCUT2D eigenvalue weighted by molar-refractivity contribution is 0.120. The van der Waals surface area contributed by atoms with Crippen molar-refractivity contribution in [2.45, 2.75) is 18.6 Å². The highest BCUT2D eigenvalue weighted by molar-refractivity contribution is 5.66. The molecule has 13 heavy (non-hydrogen) atoms. The summed E-state index contributed by atoms with van der Waals surface area (Å²) in [7, 11) is 0. The molecule has 1 saturated heterocycles. The third kappa shape index (κ3) is 1.39. The van der Waals surface area contributed by atoms with Gasteiger partial charge in [0.2, 0.25) is 0 Å². The van der Waals surface area contributed by atoms with Gasteiger partial charge in [-0.2, -0.15) is 10.4 Å². The minimum atomic E-state index is -0.295. The minimum absolute atomic E-state index is 0.254. The summed E-state index contributed by atoms with van der Waals surface area (Å²) in [5, 5.41) is 14.6. The van der Waals surface area contributed by atoms with E-state index in [0.717, 1.165) is 13.0 Å². The number of ether oxygens (including phenoxy) is 1. The van der Waals surface area contributed by atoms with E-state index in [1.807, 2.05) is 0 Å². The number of nitrogens with two attached hydrogens (primary N) is 1. The SMILES string of the molecule is N#CC1C=NN(C2CCOC2)C1N. The zero-order valence-electron chi connectivity index (χ0n) is 7.26. The Labute approximate surface area is 76.8 Å². The quantitative estimate of drug-likeness (QED) is 0.590. The molecule has 0 aromatic carbocycles. The summed E-state index contributed by atoms with van der Waals surface area (Å²) in [6.07, 6.45) is 2.27. The highest BCUT2D eigenvalue weighted by Crippen LogP contribution is 2.20. The Hall–Kier alpha value is -1.12. The van der Waals surface area contributed by atoms with E-state index in [-0.39, 0.29) is 18.1 Å². The molecule has 70 valence electrons. The summed E-state index contributed by atoms with van der Waals surface area (Å²) in [5.74, 6) is -0.277. The van der Waals surface area contributed by atoms with Crippen LogP contribution in [0.15, 0.2) is 5.10 Å². The maximum Gasteiger partial charge on any atom is 0.118 e. The van der Waals surface area contributed by atoms with Crippen LogP contribution in [0.3, 0.4) is 0 Å². The Kier molecular flexibility index (Phi) is 2.17. The van der Waals surface area contributed by atoms with E-state index in [4.69, 9.17) is 15.7 Å². The van der Waals surface area contributed by atoms with Crippen LogP contribution in [0.4, 0.5) is 0 Å². The number of nitrogens with zero attached hydrogens (tertiary/aromatic N) is 3. The Morgan fingerprint density at radius 1 is 1.69 bits per heavy atom. The van der Waals surface area contributed by atoms with Crippen molar-refractivity contribution < 1.29 is 4.74 Å². The number of rotatable bonds is 1. The summed E-state index contributed by atoms with van der Waals surface area (Å²) in [6.45, 7) is 1.43. The smallest absolute Gasteiger partial charge is 0.118 e. The largest absolute Gasteiger partial charge is 0.379 e. The van der Waals surface area contributed by atoms with E-state index < -0.39 is 0 Å². The standard InChI is InChI=1S/C8H12N4O/c9-3-6-4-11-12(8(6)10)7-1-2-13-5-7/h4,6-8H,1-2,5,10H2. The van der Waals surface area contributed by atoms with E-state index in [0.29, 0.717) is 6.61 Å². The Balaban J connectivity index is 2.02. The second-order valence-electron chi connectivity index (χ2n) is 3.31. The van der Waals surface area contributed by atoms with Crippen LogP contribution in [0.1, 0.15) is 6.42 Å². The zero-order valence-corrected chi connectivity index (χ0v) is 7.26. The summed E-state index contributed by atoms with van der Waals surface area (Å²) in [4.78, 5) is 0. The maximum atomic E-state index is 8.72. The number of hydrogen-bond donors (Lipinski definition) is 1. The normalized spacial score (nSPS) is 38.2. The average Bonchev–Trinajstić information content (AvgIpc) is 2.72. The summed E-state index contributed by atoms with van der Waals surface area (Å²) in [5.41, 5.74) is 5.84. The van der Waals surface area contributed by atoms with Crippen LogP contribution in [-0.2, 0) is 4.74 Å². The van der Waals surface area contributed by atoms with Gasteiger partial charge in [-0.25, -0.2) is 0 Å². The fourth-order valence-electron chi connectivity index (χ4n) is 1.66. The predicted molar refractivity (Wildman–Crippen MR) is 46.6 cm³/mol. The lowest BCUT2D eigenvalue weighted by atomic mass is 10.1. The van der Waals surface area contributed by atoms with Gasteiger partial charge in [-0.3, -0.25) is 5.01 Å². The number of nitriles is 1. The summed E-state index contributed by atoms with van der Waals surface area (Å²) >= 11 is 0. The van der Waals surface area contributed by atoms with Gasteiger partial charge in [-0.15, -0.1) is 0 Å². The van der Waals surface area contributed by atoms with Crippen molar-refractivity contribution in [2.75, 3.05) is 13.2 Å². The van der Waals surface area contributed by atoms with Crippen LogP contribution in [0.2, 0.25) is 0 Å². The van der Waals surface area contributed by atoms with Crippen LogP contribution in [-0.4, -0.2) is 36.6 Å². The molecule has 2 heterocycles. The Morgan fingerprint density at radius 2 is 2.54 bits per heavy atom. The molecule has 0 saturated carbocycles. The van der Waals surface area contributed by atoms with Crippen LogP contribution < -0.4 is 5.73 Å².